The fourth-order valence-electron chi connectivity index (χ4n) is 5.14. The lowest BCUT2D eigenvalue weighted by molar-refractivity contribution is 0.0718. The fraction of sp³-hybridized carbons (Fsp3) is 0.636. The molecule has 0 unspecified atom stereocenters. The largest absolute Gasteiger partial charge is 0.379 e. The Balaban J connectivity index is 1.78. The molecule has 2 heterocycles. The highest BCUT2D eigenvalue weighted by Gasteiger charge is 2.44. The third-order valence-electron chi connectivity index (χ3n) is 6.78. The third kappa shape index (κ3) is 3.30. The van der Waals surface area contributed by atoms with Crippen LogP contribution in [0.3, 0.4) is 0 Å². The van der Waals surface area contributed by atoms with E-state index in [1.54, 1.807) is 0 Å². The lowest BCUT2D eigenvalue weighted by Gasteiger charge is -2.40. The molecule has 1 aromatic rings. The van der Waals surface area contributed by atoms with Crippen LogP contribution in [0.4, 0.5) is 5.69 Å². The van der Waals surface area contributed by atoms with Crippen molar-refractivity contribution < 1.29 is 9.30 Å². The van der Waals surface area contributed by atoms with E-state index < -0.39 is 7.29 Å². The second-order valence-corrected chi connectivity index (χ2v) is 11.6. The standard InChI is InChI=1S/C22H33N2O2P/c1-22(2)19-11-7-8-12-20(19)23(3)21(22)17-27(25,18-9-5-4-6-10-18)24-13-15-26-16-14-24/h7-8,11-12,17-18H,4-6,9-10,13-16H2,1-3H3/b21-17+/t27-/m1/s1. The Kier molecular flexibility index (Phi) is 5.26. The van der Waals surface area contributed by atoms with Crippen molar-refractivity contribution in [3.63, 3.8) is 0 Å². The second kappa shape index (κ2) is 7.39. The van der Waals surface area contributed by atoms with Crippen molar-refractivity contribution >= 4 is 13.0 Å². The zero-order valence-corrected chi connectivity index (χ0v) is 17.9. The van der Waals surface area contributed by atoms with Crippen LogP contribution in [0.25, 0.3) is 0 Å². The van der Waals surface area contributed by atoms with Gasteiger partial charge in [0.1, 0.15) is 0 Å². The lowest BCUT2D eigenvalue weighted by atomic mass is 9.84. The Labute approximate surface area is 164 Å². The molecule has 0 spiro atoms. The molecule has 4 nitrogen and oxygen atoms in total. The maximum atomic E-state index is 14.6. The number of morpholine rings is 1. The topological polar surface area (TPSA) is 32.8 Å². The molecule has 2 fully saturated rings. The predicted molar refractivity (Wildman–Crippen MR) is 113 cm³/mol. The van der Waals surface area contributed by atoms with Crippen molar-refractivity contribution in [2.75, 3.05) is 38.3 Å². The van der Waals surface area contributed by atoms with E-state index in [4.69, 9.17) is 4.74 Å². The molecule has 4 rings (SSSR count). The molecule has 1 aromatic carbocycles. The van der Waals surface area contributed by atoms with E-state index >= 15 is 0 Å². The minimum absolute atomic E-state index is 0.123. The Morgan fingerprint density at radius 1 is 1.11 bits per heavy atom. The molecule has 0 radical (unpaired) electrons. The highest BCUT2D eigenvalue weighted by atomic mass is 31.2. The number of ether oxygens (including phenoxy) is 1. The fourth-order valence-corrected chi connectivity index (χ4v) is 8.72. The van der Waals surface area contributed by atoms with Crippen molar-refractivity contribution in [1.29, 1.82) is 0 Å². The summed E-state index contributed by atoms with van der Waals surface area (Å²) in [4.78, 5) is 2.27. The second-order valence-electron chi connectivity index (χ2n) is 8.75. The molecule has 1 aliphatic carbocycles. The molecule has 0 N–H and O–H groups in total. The number of likely N-dealkylation sites (N-methyl/N-ethyl adjacent to an activating group) is 1. The van der Waals surface area contributed by atoms with E-state index in [0.717, 1.165) is 25.9 Å². The number of rotatable bonds is 3. The highest BCUT2D eigenvalue weighted by Crippen LogP contribution is 2.62. The van der Waals surface area contributed by atoms with Crippen molar-refractivity contribution in [1.82, 2.24) is 4.67 Å². The summed E-state index contributed by atoms with van der Waals surface area (Å²) >= 11 is 0. The smallest absolute Gasteiger partial charge is 0.176 e. The zero-order valence-electron chi connectivity index (χ0n) is 17.0. The van der Waals surface area contributed by atoms with Crippen LogP contribution in [-0.2, 0) is 14.7 Å². The SMILES string of the molecule is CN1/C(=C/[P@@](=O)(C2CCCCC2)N2CCOCC2)C(C)(C)c2ccccc21. The lowest BCUT2D eigenvalue weighted by Crippen LogP contribution is -2.37. The number of benzene rings is 1. The maximum absolute atomic E-state index is 14.6. The molecule has 148 valence electrons. The van der Waals surface area contributed by atoms with Crippen LogP contribution in [0, 0.1) is 0 Å². The average Bonchev–Trinajstić information content (AvgIpc) is 2.90. The summed E-state index contributed by atoms with van der Waals surface area (Å²) in [5.41, 5.74) is 3.94. The van der Waals surface area contributed by atoms with Gasteiger partial charge in [-0.05, 0) is 24.5 Å². The molecule has 1 saturated carbocycles. The zero-order chi connectivity index (χ0) is 19.1. The monoisotopic (exact) mass is 388 g/mol. The number of fused-ring (bicyclic) bond motifs is 1. The highest BCUT2D eigenvalue weighted by molar-refractivity contribution is 7.65. The third-order valence-corrected chi connectivity index (χ3v) is 10.2. The van der Waals surface area contributed by atoms with Gasteiger partial charge >= 0.3 is 0 Å². The van der Waals surface area contributed by atoms with E-state index in [1.807, 2.05) is 0 Å². The van der Waals surface area contributed by atoms with Crippen LogP contribution < -0.4 is 4.90 Å². The van der Waals surface area contributed by atoms with Crippen molar-refractivity contribution in [2.24, 2.45) is 0 Å². The van der Waals surface area contributed by atoms with E-state index in [2.05, 4.69) is 60.5 Å². The first-order chi connectivity index (χ1) is 12.9. The van der Waals surface area contributed by atoms with Gasteiger partial charge in [-0.2, -0.15) is 0 Å². The number of hydrogen-bond acceptors (Lipinski definition) is 3. The van der Waals surface area contributed by atoms with Gasteiger partial charge in [0.15, 0.2) is 7.29 Å². The number of para-hydroxylation sites is 1. The molecule has 1 atom stereocenters. The molecular formula is C22H33N2O2P. The first-order valence-electron chi connectivity index (χ1n) is 10.4. The predicted octanol–water partition coefficient (Wildman–Crippen LogP) is 5.20. The molecule has 0 aromatic heterocycles. The van der Waals surface area contributed by atoms with Crippen LogP contribution in [0.15, 0.2) is 35.8 Å². The van der Waals surface area contributed by atoms with Gasteiger partial charge in [0, 0.05) is 48.4 Å². The van der Waals surface area contributed by atoms with Gasteiger partial charge in [-0.25, -0.2) is 4.67 Å². The van der Waals surface area contributed by atoms with E-state index in [0.29, 0.717) is 18.9 Å². The summed E-state index contributed by atoms with van der Waals surface area (Å²) in [7, 11) is -0.487. The van der Waals surface area contributed by atoms with Crippen LogP contribution in [0.2, 0.25) is 0 Å². The van der Waals surface area contributed by atoms with Gasteiger partial charge in [0.25, 0.3) is 0 Å². The van der Waals surface area contributed by atoms with Gasteiger partial charge in [-0.15, -0.1) is 0 Å². The van der Waals surface area contributed by atoms with Crippen LogP contribution >= 0.6 is 7.29 Å². The van der Waals surface area contributed by atoms with Crippen LogP contribution in [-0.4, -0.2) is 43.7 Å². The van der Waals surface area contributed by atoms with Gasteiger partial charge in [-0.3, -0.25) is 0 Å². The Bertz CT molecular complexity index is 739. The van der Waals surface area contributed by atoms with Crippen molar-refractivity contribution in [2.45, 2.75) is 57.0 Å². The summed E-state index contributed by atoms with van der Waals surface area (Å²) < 4.78 is 22.5. The summed E-state index contributed by atoms with van der Waals surface area (Å²) in [6.07, 6.45) is 5.89. The summed E-state index contributed by atoms with van der Waals surface area (Å²) in [6, 6.07) is 8.60. The molecule has 2 aliphatic heterocycles. The molecular weight excluding hydrogens is 355 g/mol. The van der Waals surface area contributed by atoms with Crippen molar-refractivity contribution in [3.05, 3.63) is 41.3 Å². The summed E-state index contributed by atoms with van der Waals surface area (Å²) in [6.45, 7) is 7.50. The molecule has 1 saturated heterocycles. The molecule has 5 heteroatoms. The van der Waals surface area contributed by atoms with E-state index in [1.165, 1.54) is 36.2 Å². The maximum Gasteiger partial charge on any atom is 0.176 e. The minimum atomic E-state index is -2.62. The van der Waals surface area contributed by atoms with Crippen molar-refractivity contribution in [3.8, 4) is 0 Å². The number of hydrogen-bond donors (Lipinski definition) is 0. The van der Waals surface area contributed by atoms with Crippen LogP contribution in [0.1, 0.15) is 51.5 Å². The number of nitrogens with zero attached hydrogens (tertiary/aromatic N) is 2. The van der Waals surface area contributed by atoms with E-state index in [-0.39, 0.29) is 5.41 Å². The normalized spacial score (nSPS) is 27.5. The Morgan fingerprint density at radius 2 is 1.78 bits per heavy atom. The first-order valence-corrected chi connectivity index (χ1v) is 12.2. The quantitative estimate of drug-likeness (QED) is 0.667. The molecule has 0 amide bonds. The molecule has 0 bridgehead atoms. The van der Waals surface area contributed by atoms with E-state index in [9.17, 15) is 4.57 Å². The summed E-state index contributed by atoms with van der Waals surface area (Å²) in [5, 5.41) is 0. The van der Waals surface area contributed by atoms with Gasteiger partial charge in [0.05, 0.1) is 13.2 Å². The molecule has 27 heavy (non-hydrogen) atoms. The first kappa shape index (κ1) is 19.2. The molecule has 3 aliphatic rings. The number of allylic oxidation sites excluding steroid dienone is 1. The summed E-state index contributed by atoms with van der Waals surface area (Å²) in [5.74, 6) is 2.20. The van der Waals surface area contributed by atoms with Crippen LogP contribution in [0.5, 0.6) is 0 Å². The van der Waals surface area contributed by atoms with Gasteiger partial charge < -0.3 is 14.2 Å². The number of anilines is 1. The van der Waals surface area contributed by atoms with Gasteiger partial charge in [-0.1, -0.05) is 51.3 Å². The Hall–Kier alpha value is -1.09. The Morgan fingerprint density at radius 3 is 2.44 bits per heavy atom. The average molecular weight is 388 g/mol. The van der Waals surface area contributed by atoms with Gasteiger partial charge in [0.2, 0.25) is 0 Å². The minimum Gasteiger partial charge on any atom is -0.379 e.